The third-order valence-electron chi connectivity index (χ3n) is 2.21. The van der Waals surface area contributed by atoms with Gasteiger partial charge in [0.25, 0.3) is 0 Å². The Morgan fingerprint density at radius 1 is 0.800 bits per heavy atom. The lowest BCUT2D eigenvalue weighted by Crippen LogP contribution is -1.95. The number of rotatable bonds is 1. The molecule has 2 rings (SSSR count). The van der Waals surface area contributed by atoms with Crippen LogP contribution in [0.5, 0.6) is 0 Å². The van der Waals surface area contributed by atoms with Crippen molar-refractivity contribution in [3.05, 3.63) is 48.3 Å². The van der Waals surface area contributed by atoms with Crippen molar-refractivity contribution in [2.24, 2.45) is 0 Å². The zero-order chi connectivity index (χ0) is 10.8. The molecule has 0 bridgehead atoms. The molecule has 2 aromatic rings. The number of hydrogen-bond donors (Lipinski definition) is 0. The molecule has 2 unspecified atom stereocenters. The van der Waals surface area contributed by atoms with E-state index in [1.807, 2.05) is 30.3 Å². The van der Waals surface area contributed by atoms with Crippen molar-refractivity contribution in [1.29, 1.82) is 0 Å². The molecule has 0 N–H and O–H groups in total. The smallest absolute Gasteiger partial charge is 0.131 e. The van der Waals surface area contributed by atoms with E-state index in [1.165, 1.54) is 6.07 Å². The topological polar surface area (TPSA) is 0 Å². The van der Waals surface area contributed by atoms with Crippen LogP contribution in [-0.4, -0.2) is 0 Å². The summed E-state index contributed by atoms with van der Waals surface area (Å²) >= 11 is 0. The maximum Gasteiger partial charge on any atom is 0.131 e. The summed E-state index contributed by atoms with van der Waals surface area (Å²) in [5.41, 5.74) is 1.55. The first-order valence-corrected chi connectivity index (χ1v) is 5.73. The molecule has 0 aliphatic rings. The van der Waals surface area contributed by atoms with E-state index in [0.717, 1.165) is 16.2 Å². The van der Waals surface area contributed by atoms with Crippen LogP contribution in [0, 0.1) is 5.82 Å². The minimum Gasteiger partial charge on any atom is -0.206 e. The monoisotopic (exact) mass is 236 g/mol. The van der Waals surface area contributed by atoms with E-state index in [2.05, 4.69) is 18.5 Å². The Kier molecular flexibility index (Phi) is 3.14. The van der Waals surface area contributed by atoms with Gasteiger partial charge < -0.3 is 0 Å². The average molecular weight is 236 g/mol. The molecule has 0 amide bonds. The molecule has 0 heterocycles. The third kappa shape index (κ3) is 2.43. The highest BCUT2D eigenvalue weighted by Gasteiger charge is 2.04. The first kappa shape index (κ1) is 10.7. The fourth-order valence-corrected chi connectivity index (χ4v) is 1.86. The van der Waals surface area contributed by atoms with Crippen LogP contribution < -0.4 is 10.6 Å². The number of hydrogen-bond acceptors (Lipinski definition) is 0. The summed E-state index contributed by atoms with van der Waals surface area (Å²) in [6.07, 6.45) is 0. The second-order valence-corrected chi connectivity index (χ2v) is 4.69. The number of benzene rings is 2. The summed E-state index contributed by atoms with van der Waals surface area (Å²) < 4.78 is 13.6. The minimum absolute atomic E-state index is 0.181. The van der Waals surface area contributed by atoms with Crippen molar-refractivity contribution in [3.8, 4) is 11.1 Å². The zero-order valence-corrected chi connectivity index (χ0v) is 10.4. The van der Waals surface area contributed by atoms with Crippen LogP contribution in [0.1, 0.15) is 0 Å². The molecule has 0 saturated heterocycles. The summed E-state index contributed by atoms with van der Waals surface area (Å²) in [6, 6.07) is 13.0. The summed E-state index contributed by atoms with van der Waals surface area (Å²) in [4.78, 5) is 0. The van der Waals surface area contributed by atoms with E-state index in [9.17, 15) is 4.39 Å². The van der Waals surface area contributed by atoms with E-state index in [0.29, 0.717) is 5.56 Å². The lowest BCUT2D eigenvalue weighted by Gasteiger charge is -2.04. The molecule has 2 aromatic carbocycles. The molecule has 0 aromatic heterocycles. The van der Waals surface area contributed by atoms with Crippen LogP contribution in [-0.2, 0) is 0 Å². The summed E-state index contributed by atoms with van der Waals surface area (Å²) in [5.74, 6) is -0.181. The highest BCUT2D eigenvalue weighted by Crippen LogP contribution is 2.21. The Morgan fingerprint density at radius 3 is 2.00 bits per heavy atom. The molecule has 0 fully saturated rings. The predicted octanol–water partition coefficient (Wildman–Crippen LogP) is 2.49. The summed E-state index contributed by atoms with van der Waals surface area (Å²) in [7, 11) is 5.10. The zero-order valence-electron chi connectivity index (χ0n) is 8.07. The summed E-state index contributed by atoms with van der Waals surface area (Å²) in [6.45, 7) is 0. The van der Waals surface area contributed by atoms with Crippen molar-refractivity contribution in [1.82, 2.24) is 0 Å². The maximum atomic E-state index is 13.6. The van der Waals surface area contributed by atoms with Gasteiger partial charge in [0.2, 0.25) is 0 Å². The van der Waals surface area contributed by atoms with Gasteiger partial charge in [-0.3, -0.25) is 0 Å². The Labute approximate surface area is 93.3 Å². The van der Waals surface area contributed by atoms with Crippen molar-refractivity contribution in [2.75, 3.05) is 0 Å². The second kappa shape index (κ2) is 4.39. The van der Waals surface area contributed by atoms with Gasteiger partial charge in [-0.2, -0.15) is 0 Å². The van der Waals surface area contributed by atoms with Gasteiger partial charge in [-0.15, -0.1) is 18.5 Å². The van der Waals surface area contributed by atoms with Crippen LogP contribution in [0.2, 0.25) is 0 Å². The van der Waals surface area contributed by atoms with Gasteiger partial charge in [0.15, 0.2) is 0 Å². The maximum absolute atomic E-state index is 13.6. The van der Waals surface area contributed by atoms with E-state index < -0.39 is 0 Å². The van der Waals surface area contributed by atoms with E-state index in [-0.39, 0.29) is 5.82 Å². The van der Waals surface area contributed by atoms with Gasteiger partial charge >= 0.3 is 0 Å². The van der Waals surface area contributed by atoms with Gasteiger partial charge in [-0.05, 0) is 22.2 Å². The molecular formula is C12H11FP2. The first-order chi connectivity index (χ1) is 7.16. The molecular weight excluding hydrogens is 225 g/mol. The third-order valence-corrected chi connectivity index (χ3v) is 2.96. The average Bonchev–Trinajstić information content (AvgIpc) is 2.20. The molecule has 0 aliphatic heterocycles. The van der Waals surface area contributed by atoms with E-state index >= 15 is 0 Å². The molecule has 3 heteroatoms. The van der Waals surface area contributed by atoms with Gasteiger partial charge in [0.05, 0.1) is 0 Å². The highest BCUT2D eigenvalue weighted by atomic mass is 31.0. The Hall–Kier alpha value is -0.770. The minimum atomic E-state index is -0.181. The van der Waals surface area contributed by atoms with E-state index in [1.54, 1.807) is 6.07 Å². The van der Waals surface area contributed by atoms with Crippen molar-refractivity contribution in [3.63, 3.8) is 0 Å². The fraction of sp³-hybridized carbons (Fsp3) is 0. The van der Waals surface area contributed by atoms with Gasteiger partial charge in [0.1, 0.15) is 5.82 Å². The molecule has 0 nitrogen and oxygen atoms in total. The molecule has 0 aliphatic carbocycles. The van der Waals surface area contributed by atoms with Gasteiger partial charge in [0, 0.05) is 5.56 Å². The lowest BCUT2D eigenvalue weighted by atomic mass is 10.1. The lowest BCUT2D eigenvalue weighted by molar-refractivity contribution is 0.632. The molecule has 0 saturated carbocycles. The van der Waals surface area contributed by atoms with Crippen LogP contribution >= 0.6 is 18.5 Å². The first-order valence-electron chi connectivity index (χ1n) is 4.58. The van der Waals surface area contributed by atoms with E-state index in [4.69, 9.17) is 0 Å². The van der Waals surface area contributed by atoms with Crippen LogP contribution in [0.25, 0.3) is 11.1 Å². The molecule has 15 heavy (non-hydrogen) atoms. The number of halogens is 1. The van der Waals surface area contributed by atoms with Crippen LogP contribution in [0.15, 0.2) is 42.5 Å². The molecule has 2 atom stereocenters. The van der Waals surface area contributed by atoms with Gasteiger partial charge in [-0.25, -0.2) is 4.39 Å². The predicted molar refractivity (Wildman–Crippen MR) is 70.5 cm³/mol. The van der Waals surface area contributed by atoms with Crippen molar-refractivity contribution in [2.45, 2.75) is 0 Å². The molecule has 0 radical (unpaired) electrons. The normalized spacial score (nSPS) is 10.3. The largest absolute Gasteiger partial charge is 0.206 e. The Balaban J connectivity index is 2.49. The standard InChI is InChI=1S/C12H11FP2/c13-12-7-10(15)5-6-11(12)8-1-3-9(14)4-2-8/h1-7H,14-15H2. The molecule has 76 valence electrons. The Bertz CT molecular complexity index is 477. The fourth-order valence-electron chi connectivity index (χ4n) is 1.43. The van der Waals surface area contributed by atoms with Crippen molar-refractivity contribution < 1.29 is 4.39 Å². The van der Waals surface area contributed by atoms with Crippen LogP contribution in [0.3, 0.4) is 0 Å². The second-order valence-electron chi connectivity index (χ2n) is 3.36. The summed E-state index contributed by atoms with van der Waals surface area (Å²) in [5, 5.41) is 1.96. The quantitative estimate of drug-likeness (QED) is 0.667. The van der Waals surface area contributed by atoms with Crippen molar-refractivity contribution >= 4 is 29.1 Å². The van der Waals surface area contributed by atoms with Gasteiger partial charge in [-0.1, -0.05) is 36.4 Å². The highest BCUT2D eigenvalue weighted by molar-refractivity contribution is 7.27. The van der Waals surface area contributed by atoms with Crippen LogP contribution in [0.4, 0.5) is 4.39 Å². The Morgan fingerprint density at radius 2 is 1.40 bits per heavy atom. The SMILES string of the molecule is Fc1cc(P)ccc1-c1ccc(P)cc1. The molecule has 0 spiro atoms.